The number of nitrogens with zero attached hydrogens (tertiary/aromatic N) is 2. The average molecular weight is 389 g/mol. The number of nitrogens with one attached hydrogen (secondary N) is 1. The summed E-state index contributed by atoms with van der Waals surface area (Å²) in [5.41, 5.74) is 4.05. The molecule has 1 aliphatic carbocycles. The highest BCUT2D eigenvalue weighted by molar-refractivity contribution is 5.90. The van der Waals surface area contributed by atoms with Crippen LogP contribution in [0.25, 0.3) is 17.3 Å². The minimum Gasteiger partial charge on any atom is -0.478 e. The fourth-order valence-corrected chi connectivity index (χ4v) is 3.62. The van der Waals surface area contributed by atoms with Gasteiger partial charge in [0.05, 0.1) is 11.3 Å². The molecule has 2 aromatic heterocycles. The highest BCUT2D eigenvalue weighted by Gasteiger charge is 2.21. The van der Waals surface area contributed by atoms with E-state index in [-0.39, 0.29) is 17.0 Å². The molecule has 1 aromatic carbocycles. The van der Waals surface area contributed by atoms with Crippen molar-refractivity contribution < 1.29 is 14.7 Å². The summed E-state index contributed by atoms with van der Waals surface area (Å²) in [6.45, 7) is 1.46. The summed E-state index contributed by atoms with van der Waals surface area (Å²) in [7, 11) is 0. The third kappa shape index (κ3) is 3.67. The number of pyridine rings is 1. The van der Waals surface area contributed by atoms with Gasteiger partial charge in [-0.05, 0) is 60.7 Å². The number of allylic oxidation sites excluding steroid dienone is 1. The predicted octanol–water partition coefficient (Wildman–Crippen LogP) is 3.23. The van der Waals surface area contributed by atoms with E-state index in [4.69, 9.17) is 0 Å². The number of amides is 1. The van der Waals surface area contributed by atoms with Crippen molar-refractivity contribution >= 4 is 34.9 Å². The van der Waals surface area contributed by atoms with Gasteiger partial charge in [0.1, 0.15) is 5.65 Å². The molecule has 146 valence electrons. The molecule has 0 radical (unpaired) electrons. The Morgan fingerprint density at radius 3 is 2.79 bits per heavy atom. The highest BCUT2D eigenvalue weighted by Crippen LogP contribution is 2.30. The Hall–Kier alpha value is -3.74. The van der Waals surface area contributed by atoms with Gasteiger partial charge in [-0.25, -0.2) is 9.78 Å². The Morgan fingerprint density at radius 2 is 2.03 bits per heavy atom. The van der Waals surface area contributed by atoms with Gasteiger partial charge in [0.2, 0.25) is 5.91 Å². The number of carboxylic acids is 1. The number of benzene rings is 1. The number of carboxylic acid groups (broad SMARTS) is 1. The molecule has 3 aromatic rings. The minimum atomic E-state index is -1.09. The summed E-state index contributed by atoms with van der Waals surface area (Å²) in [6, 6.07) is 10.5. The third-order valence-electron chi connectivity index (χ3n) is 4.89. The van der Waals surface area contributed by atoms with Gasteiger partial charge >= 0.3 is 5.97 Å². The lowest BCUT2D eigenvalue weighted by Crippen LogP contribution is -2.25. The maximum Gasteiger partial charge on any atom is 0.337 e. The largest absolute Gasteiger partial charge is 0.478 e. The summed E-state index contributed by atoms with van der Waals surface area (Å²) in [5, 5.41) is 11.9. The van der Waals surface area contributed by atoms with Crippen LogP contribution in [0.4, 0.5) is 5.69 Å². The molecule has 4 rings (SSSR count). The van der Waals surface area contributed by atoms with Gasteiger partial charge in [-0.1, -0.05) is 12.1 Å². The molecule has 1 amide bonds. The quantitative estimate of drug-likeness (QED) is 0.716. The first-order chi connectivity index (χ1) is 13.9. The second-order valence-electron chi connectivity index (χ2n) is 7.03. The molecule has 7 nitrogen and oxygen atoms in total. The van der Waals surface area contributed by atoms with Crippen molar-refractivity contribution in [3.63, 3.8) is 0 Å². The van der Waals surface area contributed by atoms with Crippen LogP contribution in [0.5, 0.6) is 0 Å². The van der Waals surface area contributed by atoms with E-state index in [1.807, 2.05) is 30.3 Å². The first-order valence-corrected chi connectivity index (χ1v) is 9.29. The van der Waals surface area contributed by atoms with Crippen molar-refractivity contribution in [1.29, 1.82) is 0 Å². The van der Waals surface area contributed by atoms with Gasteiger partial charge in [0.25, 0.3) is 5.56 Å². The van der Waals surface area contributed by atoms with Gasteiger partial charge in [-0.2, -0.15) is 0 Å². The first kappa shape index (κ1) is 18.6. The maximum absolute atomic E-state index is 13.0. The summed E-state index contributed by atoms with van der Waals surface area (Å²) in [5.74, 6) is -1.23. The average Bonchev–Trinajstić information content (AvgIpc) is 2.68. The van der Waals surface area contributed by atoms with Crippen LogP contribution >= 0.6 is 0 Å². The number of hydrogen-bond donors (Lipinski definition) is 2. The van der Waals surface area contributed by atoms with Gasteiger partial charge in [-0.3, -0.25) is 14.0 Å². The topological polar surface area (TPSA) is 101 Å². The third-order valence-corrected chi connectivity index (χ3v) is 4.89. The number of aromatic carboxylic acids is 1. The Bertz CT molecular complexity index is 1240. The maximum atomic E-state index is 13.0. The number of carbonyl (C=O) groups is 2. The van der Waals surface area contributed by atoms with Crippen molar-refractivity contribution in [2.45, 2.75) is 26.2 Å². The van der Waals surface area contributed by atoms with E-state index in [1.165, 1.54) is 23.6 Å². The van der Waals surface area contributed by atoms with Gasteiger partial charge in [0.15, 0.2) is 0 Å². The fourth-order valence-electron chi connectivity index (χ4n) is 3.62. The number of fused-ring (bicyclic) bond motifs is 2. The number of aromatic nitrogens is 2. The smallest absolute Gasteiger partial charge is 0.337 e. The van der Waals surface area contributed by atoms with Crippen molar-refractivity contribution in [3.05, 3.63) is 75.3 Å². The summed E-state index contributed by atoms with van der Waals surface area (Å²) in [4.78, 5) is 40.2. The summed E-state index contributed by atoms with van der Waals surface area (Å²) >= 11 is 0. The van der Waals surface area contributed by atoms with Gasteiger partial charge < -0.3 is 10.4 Å². The number of hydrogen-bond acceptors (Lipinski definition) is 4. The van der Waals surface area contributed by atoms with Crippen LogP contribution in [0.2, 0.25) is 0 Å². The number of anilines is 1. The van der Waals surface area contributed by atoms with E-state index in [2.05, 4.69) is 10.3 Å². The lowest BCUT2D eigenvalue weighted by Gasteiger charge is -2.19. The zero-order chi connectivity index (χ0) is 20.5. The van der Waals surface area contributed by atoms with Crippen molar-refractivity contribution in [2.75, 3.05) is 5.32 Å². The molecular weight excluding hydrogens is 370 g/mol. The van der Waals surface area contributed by atoms with Crippen molar-refractivity contribution in [2.24, 2.45) is 0 Å². The molecule has 0 saturated carbocycles. The standard InChI is InChI=1S/C22H19N3O4/c1-13(26)23-17-6-2-4-14(11-17)10-15-5-3-7-18-20(15)24-19-9-8-16(22(28)29)12-25(19)21(18)27/h2,4,6,8-12H,3,5,7H2,1H3,(H,23,26)(H,28,29). The molecule has 0 spiro atoms. The van der Waals surface area contributed by atoms with Crippen LogP contribution < -0.4 is 10.9 Å². The lowest BCUT2D eigenvalue weighted by atomic mass is 9.90. The molecule has 0 atom stereocenters. The number of carbonyl (C=O) groups excluding carboxylic acids is 1. The van der Waals surface area contributed by atoms with E-state index in [9.17, 15) is 19.5 Å². The lowest BCUT2D eigenvalue weighted by molar-refractivity contribution is -0.114. The SMILES string of the molecule is CC(=O)Nc1cccc(C=C2CCCc3c2nc2ccc(C(=O)O)cn2c3=O)c1. The second-order valence-corrected chi connectivity index (χ2v) is 7.03. The van der Waals surface area contributed by atoms with E-state index < -0.39 is 5.97 Å². The van der Waals surface area contributed by atoms with Gasteiger partial charge in [0, 0.05) is 24.4 Å². The minimum absolute atomic E-state index is 0.0442. The van der Waals surface area contributed by atoms with E-state index >= 15 is 0 Å². The Morgan fingerprint density at radius 1 is 1.21 bits per heavy atom. The zero-order valence-electron chi connectivity index (χ0n) is 15.8. The molecule has 2 heterocycles. The Balaban J connectivity index is 1.82. The molecular formula is C22H19N3O4. The summed E-state index contributed by atoms with van der Waals surface area (Å²) in [6.07, 6.45) is 5.50. The van der Waals surface area contributed by atoms with Crippen molar-refractivity contribution in [3.8, 4) is 0 Å². The summed E-state index contributed by atoms with van der Waals surface area (Å²) < 4.78 is 1.31. The molecule has 29 heavy (non-hydrogen) atoms. The molecule has 7 heteroatoms. The van der Waals surface area contributed by atoms with E-state index in [1.54, 1.807) is 6.07 Å². The molecule has 0 aliphatic heterocycles. The van der Waals surface area contributed by atoms with Crippen LogP contribution in [0.15, 0.2) is 47.4 Å². The molecule has 0 unspecified atom stereocenters. The molecule has 0 bridgehead atoms. The van der Waals surface area contributed by atoms with Gasteiger partial charge in [-0.15, -0.1) is 0 Å². The van der Waals surface area contributed by atoms with Crippen LogP contribution in [-0.4, -0.2) is 26.4 Å². The van der Waals surface area contributed by atoms with E-state index in [0.29, 0.717) is 29.0 Å². The first-order valence-electron chi connectivity index (χ1n) is 9.29. The van der Waals surface area contributed by atoms with Crippen molar-refractivity contribution in [1.82, 2.24) is 9.38 Å². The Kier molecular flexibility index (Phi) is 4.72. The number of rotatable bonds is 3. The zero-order valence-corrected chi connectivity index (χ0v) is 15.8. The monoisotopic (exact) mass is 389 g/mol. The van der Waals surface area contributed by atoms with Crippen LogP contribution in [-0.2, 0) is 11.2 Å². The van der Waals surface area contributed by atoms with Crippen LogP contribution in [0, 0.1) is 0 Å². The molecule has 0 fully saturated rings. The molecule has 0 saturated heterocycles. The normalized spacial score (nSPS) is 14.6. The Labute approximate surface area is 166 Å². The van der Waals surface area contributed by atoms with E-state index in [0.717, 1.165) is 24.0 Å². The molecule has 2 N–H and O–H groups in total. The second kappa shape index (κ2) is 7.35. The van der Waals surface area contributed by atoms with Crippen LogP contribution in [0.1, 0.15) is 46.9 Å². The van der Waals surface area contributed by atoms with Crippen LogP contribution in [0.3, 0.4) is 0 Å². The predicted molar refractivity (Wildman–Crippen MR) is 110 cm³/mol. The molecule has 1 aliphatic rings. The highest BCUT2D eigenvalue weighted by atomic mass is 16.4. The fraction of sp³-hybridized carbons (Fsp3) is 0.182.